The molecule has 0 fully saturated rings. The lowest BCUT2D eigenvalue weighted by Crippen LogP contribution is -2.14. The standard InChI is InChI=1S/C14H14N2O4S/c1-20-14(17)10-6-8-11(9-7-10)16-21(18,19)13-5-3-2-4-12(13)15/h2-9,16H,15H2,1H3. The van der Waals surface area contributed by atoms with Crippen LogP contribution in [0.3, 0.4) is 0 Å². The molecule has 0 aliphatic rings. The molecule has 0 spiro atoms. The summed E-state index contributed by atoms with van der Waals surface area (Å²) < 4.78 is 31.4. The second kappa shape index (κ2) is 5.84. The molecule has 2 rings (SSSR count). The lowest BCUT2D eigenvalue weighted by atomic mass is 10.2. The van der Waals surface area contributed by atoms with Crippen LogP contribution in [0.4, 0.5) is 11.4 Å². The van der Waals surface area contributed by atoms with Crippen LogP contribution in [0, 0.1) is 0 Å². The highest BCUT2D eigenvalue weighted by molar-refractivity contribution is 7.92. The summed E-state index contributed by atoms with van der Waals surface area (Å²) in [5.74, 6) is -0.489. The van der Waals surface area contributed by atoms with Gasteiger partial charge < -0.3 is 10.5 Å². The molecule has 2 aromatic rings. The maximum atomic E-state index is 12.2. The van der Waals surface area contributed by atoms with Gasteiger partial charge in [-0.15, -0.1) is 0 Å². The largest absolute Gasteiger partial charge is 0.465 e. The van der Waals surface area contributed by atoms with Crippen molar-refractivity contribution in [2.45, 2.75) is 4.90 Å². The molecule has 0 bridgehead atoms. The summed E-state index contributed by atoms with van der Waals surface area (Å²) in [4.78, 5) is 11.3. The number of nitrogens with two attached hydrogens (primary N) is 1. The summed E-state index contributed by atoms with van der Waals surface area (Å²) in [5, 5.41) is 0. The van der Waals surface area contributed by atoms with Gasteiger partial charge in [0.05, 0.1) is 18.4 Å². The number of nitrogens with one attached hydrogen (secondary N) is 1. The summed E-state index contributed by atoms with van der Waals surface area (Å²) in [6, 6.07) is 12.1. The molecular weight excluding hydrogens is 292 g/mol. The van der Waals surface area contributed by atoms with Gasteiger partial charge in [0.2, 0.25) is 0 Å². The third-order valence-corrected chi connectivity index (χ3v) is 4.22. The third kappa shape index (κ3) is 3.32. The summed E-state index contributed by atoms with van der Waals surface area (Å²) >= 11 is 0. The lowest BCUT2D eigenvalue weighted by Gasteiger charge is -2.10. The molecule has 0 heterocycles. The summed E-state index contributed by atoms with van der Waals surface area (Å²) in [7, 11) is -2.50. The van der Waals surface area contributed by atoms with Crippen molar-refractivity contribution < 1.29 is 17.9 Å². The van der Waals surface area contributed by atoms with Crippen molar-refractivity contribution in [1.82, 2.24) is 0 Å². The van der Waals surface area contributed by atoms with Crippen LogP contribution in [0.5, 0.6) is 0 Å². The SMILES string of the molecule is COC(=O)c1ccc(NS(=O)(=O)c2ccccc2N)cc1. The zero-order valence-corrected chi connectivity index (χ0v) is 12.1. The van der Waals surface area contributed by atoms with Gasteiger partial charge in [-0.25, -0.2) is 13.2 Å². The van der Waals surface area contributed by atoms with Crippen molar-refractivity contribution in [2.24, 2.45) is 0 Å². The molecule has 0 aromatic heterocycles. The van der Waals surface area contributed by atoms with Crippen LogP contribution in [0.25, 0.3) is 0 Å². The molecule has 3 N–H and O–H groups in total. The normalized spacial score (nSPS) is 10.9. The quantitative estimate of drug-likeness (QED) is 0.663. The van der Waals surface area contributed by atoms with Gasteiger partial charge in [0.15, 0.2) is 0 Å². The highest BCUT2D eigenvalue weighted by atomic mass is 32.2. The number of esters is 1. The van der Waals surface area contributed by atoms with Gasteiger partial charge in [-0.2, -0.15) is 0 Å². The number of ether oxygens (including phenoxy) is 1. The van der Waals surface area contributed by atoms with Gasteiger partial charge in [0, 0.05) is 5.69 Å². The van der Waals surface area contributed by atoms with Crippen LogP contribution < -0.4 is 10.5 Å². The number of anilines is 2. The van der Waals surface area contributed by atoms with E-state index in [0.717, 1.165) is 0 Å². The molecule has 0 saturated carbocycles. The van der Waals surface area contributed by atoms with E-state index < -0.39 is 16.0 Å². The zero-order valence-electron chi connectivity index (χ0n) is 11.2. The number of para-hydroxylation sites is 1. The molecule has 0 atom stereocenters. The minimum Gasteiger partial charge on any atom is -0.465 e. The molecule has 0 radical (unpaired) electrons. The average molecular weight is 306 g/mol. The van der Waals surface area contributed by atoms with Crippen molar-refractivity contribution in [1.29, 1.82) is 0 Å². The predicted molar refractivity (Wildman–Crippen MR) is 79.4 cm³/mol. The van der Waals surface area contributed by atoms with E-state index >= 15 is 0 Å². The minimum absolute atomic E-state index is 0.00189. The Bertz CT molecular complexity index is 755. The number of sulfonamides is 1. The third-order valence-electron chi connectivity index (χ3n) is 2.77. The second-order valence-electron chi connectivity index (χ2n) is 4.21. The highest BCUT2D eigenvalue weighted by Gasteiger charge is 2.17. The van der Waals surface area contributed by atoms with E-state index in [0.29, 0.717) is 11.3 Å². The number of carbonyl (C=O) groups excluding carboxylic acids is 1. The summed E-state index contributed by atoms with van der Waals surface area (Å²) in [5.41, 5.74) is 6.48. The molecule has 21 heavy (non-hydrogen) atoms. The minimum atomic E-state index is -3.77. The molecule has 0 unspecified atom stereocenters. The Kier molecular flexibility index (Phi) is 4.13. The van der Waals surface area contributed by atoms with Crippen LogP contribution in [0.15, 0.2) is 53.4 Å². The van der Waals surface area contributed by atoms with Crippen LogP contribution in [0.2, 0.25) is 0 Å². The maximum absolute atomic E-state index is 12.2. The first-order chi connectivity index (χ1) is 9.94. The van der Waals surface area contributed by atoms with Crippen molar-refractivity contribution in [3.05, 3.63) is 54.1 Å². The first-order valence-electron chi connectivity index (χ1n) is 6.00. The molecule has 110 valence electrons. The monoisotopic (exact) mass is 306 g/mol. The van der Waals surface area contributed by atoms with Gasteiger partial charge in [-0.1, -0.05) is 12.1 Å². The summed E-state index contributed by atoms with van der Waals surface area (Å²) in [6.45, 7) is 0. The van der Waals surface area contributed by atoms with Gasteiger partial charge in [0.1, 0.15) is 4.90 Å². The van der Waals surface area contributed by atoms with Crippen molar-refractivity contribution in [2.75, 3.05) is 17.6 Å². The Morgan fingerprint density at radius 2 is 1.71 bits per heavy atom. The number of methoxy groups -OCH3 is 1. The van der Waals surface area contributed by atoms with E-state index in [9.17, 15) is 13.2 Å². The zero-order chi connectivity index (χ0) is 15.5. The van der Waals surface area contributed by atoms with E-state index in [1.165, 1.54) is 43.5 Å². The Morgan fingerprint density at radius 1 is 1.10 bits per heavy atom. The van der Waals surface area contributed by atoms with Gasteiger partial charge >= 0.3 is 5.97 Å². The Balaban J connectivity index is 2.25. The van der Waals surface area contributed by atoms with E-state index in [4.69, 9.17) is 5.73 Å². The highest BCUT2D eigenvalue weighted by Crippen LogP contribution is 2.21. The molecule has 7 heteroatoms. The number of nitrogen functional groups attached to an aromatic ring is 1. The van der Waals surface area contributed by atoms with Crippen LogP contribution >= 0.6 is 0 Å². The number of benzene rings is 2. The number of carbonyl (C=O) groups is 1. The number of rotatable bonds is 4. The van der Waals surface area contributed by atoms with E-state index in [1.54, 1.807) is 12.1 Å². The molecular formula is C14H14N2O4S. The molecule has 0 amide bonds. The number of hydrogen-bond donors (Lipinski definition) is 2. The lowest BCUT2D eigenvalue weighted by molar-refractivity contribution is 0.0601. The predicted octanol–water partition coefficient (Wildman–Crippen LogP) is 1.86. The average Bonchev–Trinajstić information content (AvgIpc) is 2.47. The van der Waals surface area contributed by atoms with E-state index in [-0.39, 0.29) is 10.6 Å². The molecule has 6 nitrogen and oxygen atoms in total. The Morgan fingerprint density at radius 3 is 2.29 bits per heavy atom. The second-order valence-corrected chi connectivity index (χ2v) is 5.86. The van der Waals surface area contributed by atoms with E-state index in [1.807, 2.05) is 0 Å². The first-order valence-corrected chi connectivity index (χ1v) is 7.48. The van der Waals surface area contributed by atoms with Crippen LogP contribution in [0.1, 0.15) is 10.4 Å². The first kappa shape index (κ1) is 14.9. The smallest absolute Gasteiger partial charge is 0.337 e. The number of hydrogen-bond acceptors (Lipinski definition) is 5. The topological polar surface area (TPSA) is 98.5 Å². The molecule has 0 aliphatic heterocycles. The Hall–Kier alpha value is -2.54. The van der Waals surface area contributed by atoms with Gasteiger partial charge in [0.25, 0.3) is 10.0 Å². The summed E-state index contributed by atoms with van der Waals surface area (Å²) in [6.07, 6.45) is 0. The molecule has 0 aliphatic carbocycles. The van der Waals surface area contributed by atoms with Crippen molar-refractivity contribution in [3.63, 3.8) is 0 Å². The molecule has 2 aromatic carbocycles. The maximum Gasteiger partial charge on any atom is 0.337 e. The van der Waals surface area contributed by atoms with Crippen LogP contribution in [-0.2, 0) is 14.8 Å². The van der Waals surface area contributed by atoms with Crippen molar-refractivity contribution >= 4 is 27.4 Å². The molecule has 0 saturated heterocycles. The fourth-order valence-electron chi connectivity index (χ4n) is 1.73. The Labute approximate surface area is 122 Å². The van der Waals surface area contributed by atoms with Crippen LogP contribution in [-0.4, -0.2) is 21.5 Å². The van der Waals surface area contributed by atoms with E-state index in [2.05, 4.69) is 9.46 Å². The van der Waals surface area contributed by atoms with Crippen molar-refractivity contribution in [3.8, 4) is 0 Å². The fourth-order valence-corrected chi connectivity index (χ4v) is 2.92. The van der Waals surface area contributed by atoms with Gasteiger partial charge in [-0.3, -0.25) is 4.72 Å². The fraction of sp³-hybridized carbons (Fsp3) is 0.0714. The van der Waals surface area contributed by atoms with Gasteiger partial charge in [-0.05, 0) is 36.4 Å².